The number of aliphatic hydroxyl groups excluding tert-OH is 2. The van der Waals surface area contributed by atoms with E-state index in [1.54, 1.807) is 4.57 Å². The van der Waals surface area contributed by atoms with E-state index in [1.807, 2.05) is 0 Å². The molecule has 2 aromatic heterocycles. The summed E-state index contributed by atoms with van der Waals surface area (Å²) in [5, 5.41) is 18.9. The van der Waals surface area contributed by atoms with Crippen molar-refractivity contribution < 1.29 is 19.7 Å². The number of rotatable bonds is 5. The van der Waals surface area contributed by atoms with Gasteiger partial charge in [0.05, 0.1) is 14.2 Å². The zero-order valence-corrected chi connectivity index (χ0v) is 12.4. The van der Waals surface area contributed by atoms with Crippen LogP contribution in [-0.4, -0.2) is 57.2 Å². The zero-order valence-electron chi connectivity index (χ0n) is 12.4. The maximum atomic E-state index is 9.58. The first-order valence-electron chi connectivity index (χ1n) is 6.99. The van der Waals surface area contributed by atoms with Crippen LogP contribution in [0.4, 0.5) is 5.95 Å². The summed E-state index contributed by atoms with van der Waals surface area (Å²) in [6.45, 7) is 0.00748. The fourth-order valence-corrected chi connectivity index (χ4v) is 3.09. The van der Waals surface area contributed by atoms with Crippen LogP contribution in [0.1, 0.15) is 12.5 Å². The van der Waals surface area contributed by atoms with Gasteiger partial charge in [0.1, 0.15) is 0 Å². The van der Waals surface area contributed by atoms with Gasteiger partial charge in [0.25, 0.3) is 6.01 Å². The van der Waals surface area contributed by atoms with Gasteiger partial charge in [-0.15, -0.1) is 0 Å². The Morgan fingerprint density at radius 2 is 1.95 bits per heavy atom. The molecule has 0 spiro atoms. The molecule has 0 aliphatic heterocycles. The van der Waals surface area contributed by atoms with Gasteiger partial charge in [-0.05, 0) is 12.3 Å². The van der Waals surface area contributed by atoms with Gasteiger partial charge < -0.3 is 25.4 Å². The molecule has 3 unspecified atom stereocenters. The Bertz CT molecular complexity index is 689. The highest BCUT2D eigenvalue weighted by Gasteiger charge is 2.43. The highest BCUT2D eigenvalue weighted by atomic mass is 16.5. The summed E-state index contributed by atoms with van der Waals surface area (Å²) in [6, 6.07) is 0.286. The lowest BCUT2D eigenvalue weighted by Gasteiger charge is -2.43. The molecule has 2 heterocycles. The van der Waals surface area contributed by atoms with Crippen LogP contribution in [-0.2, 0) is 0 Å². The number of ether oxygens (including phenoxy) is 2. The van der Waals surface area contributed by atoms with Gasteiger partial charge in [-0.3, -0.25) is 4.57 Å². The van der Waals surface area contributed by atoms with Crippen LogP contribution in [0.2, 0.25) is 0 Å². The molecule has 120 valence electrons. The quantitative estimate of drug-likeness (QED) is 0.679. The number of hydrogen-bond acceptors (Lipinski definition) is 8. The van der Waals surface area contributed by atoms with Gasteiger partial charge >= 0.3 is 0 Å². The summed E-state index contributed by atoms with van der Waals surface area (Å²) < 4.78 is 12.3. The van der Waals surface area contributed by atoms with Crippen LogP contribution in [0, 0.1) is 11.8 Å². The molecule has 3 atom stereocenters. The van der Waals surface area contributed by atoms with E-state index in [4.69, 9.17) is 15.2 Å². The first kappa shape index (κ1) is 14.8. The van der Waals surface area contributed by atoms with Crippen molar-refractivity contribution in [1.82, 2.24) is 19.5 Å². The van der Waals surface area contributed by atoms with Crippen molar-refractivity contribution in [3.8, 4) is 11.9 Å². The molecule has 1 aliphatic rings. The van der Waals surface area contributed by atoms with E-state index in [0.717, 1.165) is 0 Å². The summed E-state index contributed by atoms with van der Waals surface area (Å²) in [5.74, 6) is 0.321. The lowest BCUT2D eigenvalue weighted by atomic mass is 9.70. The standard InChI is InChI=1S/C13H19N5O4/c1-21-11-9-10(16-12(14)17-11)18(13(15-9)22-2)8-3-6(4-19)7(8)5-20/h6-8,19-20H,3-5H2,1-2H3,(H2,14,16,17). The number of nitrogens with two attached hydrogens (primary N) is 1. The van der Waals surface area contributed by atoms with E-state index in [2.05, 4.69) is 15.0 Å². The van der Waals surface area contributed by atoms with Gasteiger partial charge in [0, 0.05) is 25.2 Å². The first-order valence-corrected chi connectivity index (χ1v) is 6.99. The third-order valence-corrected chi connectivity index (χ3v) is 4.29. The van der Waals surface area contributed by atoms with Gasteiger partial charge in [-0.1, -0.05) is 0 Å². The summed E-state index contributed by atoms with van der Waals surface area (Å²) in [5.41, 5.74) is 6.68. The zero-order chi connectivity index (χ0) is 15.9. The molecule has 0 amide bonds. The third kappa shape index (κ3) is 2.04. The normalized spacial score (nSPS) is 24.3. The molecule has 9 nitrogen and oxygen atoms in total. The Hall–Kier alpha value is -2.13. The summed E-state index contributed by atoms with van der Waals surface area (Å²) >= 11 is 0. The van der Waals surface area contributed by atoms with Crippen molar-refractivity contribution in [2.75, 3.05) is 33.2 Å². The number of aromatic nitrogens is 4. The minimum Gasteiger partial charge on any atom is -0.479 e. The molecule has 1 fully saturated rings. The van der Waals surface area contributed by atoms with E-state index in [-0.39, 0.29) is 42.9 Å². The molecule has 2 aromatic rings. The summed E-state index contributed by atoms with van der Waals surface area (Å²) in [4.78, 5) is 12.6. The molecule has 3 rings (SSSR count). The Kier molecular flexibility index (Phi) is 3.75. The highest BCUT2D eigenvalue weighted by Crippen LogP contribution is 2.47. The van der Waals surface area contributed by atoms with Crippen LogP contribution in [0.25, 0.3) is 11.2 Å². The second-order valence-electron chi connectivity index (χ2n) is 5.32. The average molecular weight is 309 g/mol. The van der Waals surface area contributed by atoms with Crippen LogP contribution in [0.15, 0.2) is 0 Å². The van der Waals surface area contributed by atoms with Crippen molar-refractivity contribution in [2.45, 2.75) is 12.5 Å². The molecule has 1 aliphatic carbocycles. The second kappa shape index (κ2) is 5.58. The number of imidazole rings is 1. The molecular formula is C13H19N5O4. The van der Waals surface area contributed by atoms with Gasteiger partial charge in [0.2, 0.25) is 11.8 Å². The van der Waals surface area contributed by atoms with Crippen molar-refractivity contribution in [3.63, 3.8) is 0 Å². The lowest BCUT2D eigenvalue weighted by molar-refractivity contribution is -0.00794. The fraction of sp³-hybridized carbons (Fsp3) is 0.615. The molecule has 9 heteroatoms. The van der Waals surface area contributed by atoms with Crippen molar-refractivity contribution in [1.29, 1.82) is 0 Å². The smallest absolute Gasteiger partial charge is 0.298 e. The van der Waals surface area contributed by atoms with E-state index in [0.29, 0.717) is 23.6 Å². The monoisotopic (exact) mass is 309 g/mol. The SMILES string of the molecule is COc1nc(N)nc2c1nc(OC)n2C1CC(CO)C1CO. The van der Waals surface area contributed by atoms with Crippen molar-refractivity contribution >= 4 is 17.1 Å². The van der Waals surface area contributed by atoms with Gasteiger partial charge in [-0.2, -0.15) is 15.0 Å². The van der Waals surface area contributed by atoms with Gasteiger partial charge in [-0.25, -0.2) is 0 Å². The van der Waals surface area contributed by atoms with Crippen LogP contribution < -0.4 is 15.2 Å². The van der Waals surface area contributed by atoms with Crippen molar-refractivity contribution in [2.24, 2.45) is 11.8 Å². The number of methoxy groups -OCH3 is 2. The first-order chi connectivity index (χ1) is 10.6. The number of nitrogen functional groups attached to an aromatic ring is 1. The van der Waals surface area contributed by atoms with E-state index in [1.165, 1.54) is 14.2 Å². The number of aliphatic hydroxyl groups is 2. The van der Waals surface area contributed by atoms with Crippen molar-refractivity contribution in [3.05, 3.63) is 0 Å². The number of nitrogens with zero attached hydrogens (tertiary/aromatic N) is 4. The van der Waals surface area contributed by atoms with E-state index < -0.39 is 0 Å². The van der Waals surface area contributed by atoms with Crippen LogP contribution in [0.5, 0.6) is 11.9 Å². The minimum atomic E-state index is -0.0847. The predicted molar refractivity (Wildman–Crippen MR) is 77.6 cm³/mol. The fourth-order valence-electron chi connectivity index (χ4n) is 3.09. The Labute approximate surface area is 126 Å². The number of hydrogen-bond donors (Lipinski definition) is 3. The van der Waals surface area contributed by atoms with Gasteiger partial charge in [0.15, 0.2) is 11.2 Å². The molecule has 0 aromatic carbocycles. The topological polar surface area (TPSA) is 129 Å². The molecule has 4 N–H and O–H groups in total. The molecule has 0 radical (unpaired) electrons. The predicted octanol–water partition coefficient (Wildman–Crippen LogP) is -0.413. The highest BCUT2D eigenvalue weighted by molar-refractivity contribution is 5.79. The molecule has 1 saturated carbocycles. The van der Waals surface area contributed by atoms with Crippen LogP contribution in [0.3, 0.4) is 0 Å². The largest absolute Gasteiger partial charge is 0.479 e. The molecular weight excluding hydrogens is 290 g/mol. The number of fused-ring (bicyclic) bond motifs is 1. The molecule has 0 saturated heterocycles. The lowest BCUT2D eigenvalue weighted by Crippen LogP contribution is -2.42. The Morgan fingerprint density at radius 1 is 1.18 bits per heavy atom. The molecule has 22 heavy (non-hydrogen) atoms. The number of anilines is 1. The molecule has 0 bridgehead atoms. The second-order valence-corrected chi connectivity index (χ2v) is 5.32. The Morgan fingerprint density at radius 3 is 2.55 bits per heavy atom. The summed E-state index contributed by atoms with van der Waals surface area (Å²) in [7, 11) is 2.99. The average Bonchev–Trinajstić information content (AvgIpc) is 2.85. The third-order valence-electron chi connectivity index (χ3n) is 4.29. The summed E-state index contributed by atoms with van der Waals surface area (Å²) in [6.07, 6.45) is 0.704. The van der Waals surface area contributed by atoms with Crippen LogP contribution >= 0.6 is 0 Å². The van der Waals surface area contributed by atoms with E-state index >= 15 is 0 Å². The van der Waals surface area contributed by atoms with E-state index in [9.17, 15) is 10.2 Å². The maximum absolute atomic E-state index is 9.58. The minimum absolute atomic E-state index is 0.0313. The Balaban J connectivity index is 2.14. The maximum Gasteiger partial charge on any atom is 0.298 e.